The van der Waals surface area contributed by atoms with E-state index in [1.54, 1.807) is 37.4 Å². The molecule has 5 nitrogen and oxygen atoms in total. The maximum absolute atomic E-state index is 13.0. The monoisotopic (exact) mass is 384 g/mol. The van der Waals surface area contributed by atoms with Crippen LogP contribution in [0.25, 0.3) is 10.8 Å². The van der Waals surface area contributed by atoms with Crippen LogP contribution in [-0.2, 0) is 10.0 Å². The minimum atomic E-state index is -3.64. The topological polar surface area (TPSA) is 59.0 Å². The maximum Gasteiger partial charge on any atom is 0.266 e. The Morgan fingerprint density at radius 3 is 2.31 bits per heavy atom. The van der Waals surface area contributed by atoms with Gasteiger partial charge in [0.25, 0.3) is 10.0 Å². The number of amidine groups is 1. The summed E-state index contributed by atoms with van der Waals surface area (Å²) in [6, 6.07) is 18.5. The van der Waals surface area contributed by atoms with E-state index in [0.29, 0.717) is 20.6 Å². The highest BCUT2D eigenvalue weighted by atomic mass is 32.2. The summed E-state index contributed by atoms with van der Waals surface area (Å²) >= 11 is 1.35. The summed E-state index contributed by atoms with van der Waals surface area (Å²) in [5.41, 5.74) is 0.666. The number of nitrogens with zero attached hydrogens (tertiary/aromatic N) is 2. The second kappa shape index (κ2) is 6.34. The summed E-state index contributed by atoms with van der Waals surface area (Å²) in [6.45, 7) is 0. The van der Waals surface area contributed by atoms with Gasteiger partial charge in [0, 0.05) is 11.9 Å². The lowest BCUT2D eigenvalue weighted by atomic mass is 10.1. The number of benzene rings is 3. The second-order valence-corrected chi connectivity index (χ2v) is 8.76. The van der Waals surface area contributed by atoms with Crippen molar-refractivity contribution in [3.63, 3.8) is 0 Å². The Labute approximate surface area is 156 Å². The lowest BCUT2D eigenvalue weighted by Gasteiger charge is -2.27. The van der Waals surface area contributed by atoms with Crippen molar-refractivity contribution in [3.8, 4) is 5.75 Å². The molecule has 0 aromatic heterocycles. The highest BCUT2D eigenvalue weighted by molar-refractivity contribution is 8.16. The van der Waals surface area contributed by atoms with E-state index in [1.807, 2.05) is 30.3 Å². The van der Waals surface area contributed by atoms with Crippen molar-refractivity contribution >= 4 is 43.4 Å². The molecule has 3 aromatic carbocycles. The fourth-order valence-corrected chi connectivity index (χ4v) is 5.55. The first-order chi connectivity index (χ1) is 12.5. The van der Waals surface area contributed by atoms with Crippen LogP contribution in [0, 0.1) is 0 Å². The van der Waals surface area contributed by atoms with Gasteiger partial charge in [-0.3, -0.25) is 0 Å². The predicted octanol–water partition coefficient (Wildman–Crippen LogP) is 4.26. The molecule has 1 aliphatic heterocycles. The van der Waals surface area contributed by atoms with Crippen LogP contribution in [0.1, 0.15) is 0 Å². The first kappa shape index (κ1) is 16.9. The van der Waals surface area contributed by atoms with E-state index in [9.17, 15) is 8.42 Å². The summed E-state index contributed by atoms with van der Waals surface area (Å²) in [7, 11) is -0.510. The summed E-state index contributed by atoms with van der Waals surface area (Å²) in [4.78, 5) is 5.53. The molecule has 0 fully saturated rings. The number of rotatable bonds is 2. The van der Waals surface area contributed by atoms with Crippen molar-refractivity contribution in [2.75, 3.05) is 14.2 Å². The van der Waals surface area contributed by atoms with Crippen LogP contribution in [0.15, 0.2) is 75.4 Å². The van der Waals surface area contributed by atoms with Gasteiger partial charge in [-0.15, -0.1) is 0 Å². The van der Waals surface area contributed by atoms with Crippen LogP contribution < -0.4 is 4.74 Å². The second-order valence-electron chi connectivity index (χ2n) is 5.81. The third-order valence-electron chi connectivity index (χ3n) is 4.22. The van der Waals surface area contributed by atoms with Crippen molar-refractivity contribution in [3.05, 3.63) is 60.7 Å². The van der Waals surface area contributed by atoms with Crippen molar-refractivity contribution in [1.82, 2.24) is 4.31 Å². The van der Waals surface area contributed by atoms with Crippen LogP contribution in [0.2, 0.25) is 0 Å². The van der Waals surface area contributed by atoms with E-state index in [0.717, 1.165) is 16.5 Å². The first-order valence-corrected chi connectivity index (χ1v) is 10.2. The molecular formula is C19H16N2O3S2. The van der Waals surface area contributed by atoms with E-state index in [2.05, 4.69) is 4.99 Å². The van der Waals surface area contributed by atoms with Crippen molar-refractivity contribution in [2.24, 2.45) is 4.99 Å². The predicted molar refractivity (Wildman–Crippen MR) is 105 cm³/mol. The molecule has 0 saturated heterocycles. The molecular weight excluding hydrogens is 368 g/mol. The van der Waals surface area contributed by atoms with E-state index in [4.69, 9.17) is 4.74 Å². The summed E-state index contributed by atoms with van der Waals surface area (Å²) in [5, 5.41) is 2.32. The normalized spacial score (nSPS) is 17.3. The van der Waals surface area contributed by atoms with Gasteiger partial charge in [0.2, 0.25) is 0 Å². The molecule has 1 aliphatic rings. The highest BCUT2D eigenvalue weighted by Crippen LogP contribution is 2.39. The van der Waals surface area contributed by atoms with Crippen LogP contribution in [-0.4, -0.2) is 32.0 Å². The summed E-state index contributed by atoms with van der Waals surface area (Å²) < 4.78 is 32.3. The zero-order chi connectivity index (χ0) is 18.3. The molecule has 0 aliphatic carbocycles. The number of sulfonamides is 1. The zero-order valence-electron chi connectivity index (χ0n) is 14.2. The molecule has 132 valence electrons. The molecule has 1 heterocycles. The fourth-order valence-electron chi connectivity index (χ4n) is 2.75. The van der Waals surface area contributed by atoms with Gasteiger partial charge in [-0.2, -0.15) is 0 Å². The Morgan fingerprint density at radius 1 is 1.00 bits per heavy atom. The van der Waals surface area contributed by atoms with Gasteiger partial charge in [-0.25, -0.2) is 17.7 Å². The Morgan fingerprint density at radius 2 is 1.65 bits per heavy atom. The Kier molecular flexibility index (Phi) is 4.13. The third-order valence-corrected chi connectivity index (χ3v) is 7.36. The Balaban J connectivity index is 1.83. The van der Waals surface area contributed by atoms with Gasteiger partial charge in [-0.05, 0) is 58.9 Å². The van der Waals surface area contributed by atoms with Crippen molar-refractivity contribution < 1.29 is 13.2 Å². The molecule has 0 spiro atoms. The van der Waals surface area contributed by atoms with Gasteiger partial charge < -0.3 is 4.74 Å². The van der Waals surface area contributed by atoms with Crippen LogP contribution in [0.5, 0.6) is 5.75 Å². The number of thioether (sulfide) groups is 1. The van der Waals surface area contributed by atoms with Crippen molar-refractivity contribution in [1.29, 1.82) is 0 Å². The molecule has 3 aromatic rings. The molecule has 0 atom stereocenters. The smallest absolute Gasteiger partial charge is 0.266 e. The van der Waals surface area contributed by atoms with Crippen LogP contribution in [0.4, 0.5) is 5.69 Å². The van der Waals surface area contributed by atoms with Crippen LogP contribution in [0.3, 0.4) is 0 Å². The van der Waals surface area contributed by atoms with Crippen LogP contribution >= 0.6 is 11.8 Å². The quantitative estimate of drug-likeness (QED) is 0.662. The lowest BCUT2D eigenvalue weighted by molar-refractivity contribution is 0.415. The molecule has 0 amide bonds. The summed E-state index contributed by atoms with van der Waals surface area (Å²) in [5.74, 6) is 0.725. The number of fused-ring (bicyclic) bond motifs is 2. The molecule has 0 unspecified atom stereocenters. The van der Waals surface area contributed by atoms with Gasteiger partial charge in [0.1, 0.15) is 10.6 Å². The number of hydrogen-bond donors (Lipinski definition) is 0. The van der Waals surface area contributed by atoms with E-state index >= 15 is 0 Å². The molecule has 0 bridgehead atoms. The highest BCUT2D eigenvalue weighted by Gasteiger charge is 2.33. The zero-order valence-corrected chi connectivity index (χ0v) is 15.8. The van der Waals surface area contributed by atoms with Gasteiger partial charge >= 0.3 is 0 Å². The third kappa shape index (κ3) is 2.83. The molecule has 0 radical (unpaired) electrons. The minimum Gasteiger partial charge on any atom is -0.497 e. The van der Waals surface area contributed by atoms with Gasteiger partial charge in [0.15, 0.2) is 5.17 Å². The van der Waals surface area contributed by atoms with Gasteiger partial charge in [-0.1, -0.05) is 24.3 Å². The average Bonchev–Trinajstić information content (AvgIpc) is 2.66. The van der Waals surface area contributed by atoms with Gasteiger partial charge in [0.05, 0.1) is 12.8 Å². The summed E-state index contributed by atoms with van der Waals surface area (Å²) in [6.07, 6.45) is 0. The Hall–Kier alpha value is -2.51. The Bertz CT molecular complexity index is 1120. The first-order valence-electron chi connectivity index (χ1n) is 7.91. The molecule has 7 heteroatoms. The largest absolute Gasteiger partial charge is 0.497 e. The average molecular weight is 384 g/mol. The number of aliphatic imine (C=N–C) groups is 1. The molecule has 0 saturated carbocycles. The number of ether oxygens (including phenoxy) is 1. The van der Waals surface area contributed by atoms with E-state index < -0.39 is 10.0 Å². The minimum absolute atomic E-state index is 0.317. The maximum atomic E-state index is 13.0. The van der Waals surface area contributed by atoms with E-state index in [1.165, 1.54) is 23.1 Å². The standard InChI is InChI=1S/C19H16N2O3S2/c1-21-19(20-15-7-9-16(24-2)10-8-15)25-17-11-13-5-3-4-6-14(13)12-18(17)26(21,22)23/h3-12H,1-2H3. The van der Waals surface area contributed by atoms with E-state index in [-0.39, 0.29) is 0 Å². The number of methoxy groups -OCH3 is 1. The molecule has 0 N–H and O–H groups in total. The molecule has 26 heavy (non-hydrogen) atoms. The SMILES string of the molecule is COc1ccc(N=C2Sc3cc4ccccc4cc3S(=O)(=O)N2C)cc1. The fraction of sp³-hybridized carbons (Fsp3) is 0.105. The van der Waals surface area contributed by atoms with Crippen molar-refractivity contribution in [2.45, 2.75) is 9.79 Å². The molecule has 4 rings (SSSR count). The lowest BCUT2D eigenvalue weighted by Crippen LogP contribution is -2.34. The number of hydrogen-bond acceptors (Lipinski definition) is 5.